The molecule has 0 aromatic carbocycles. The number of hydrogen-bond acceptors (Lipinski definition) is 4. The Balaban J connectivity index is 1.94. The molecule has 0 bridgehead atoms. The smallest absolute Gasteiger partial charge is 0.305 e. The number of aryl methyl sites for hydroxylation is 1. The van der Waals surface area contributed by atoms with Gasteiger partial charge in [0.15, 0.2) is 0 Å². The summed E-state index contributed by atoms with van der Waals surface area (Å²) in [5.74, 6) is 0.713. The van der Waals surface area contributed by atoms with Crippen molar-refractivity contribution in [2.24, 2.45) is 0 Å². The molecule has 0 unspecified atom stereocenters. The van der Waals surface area contributed by atoms with E-state index in [2.05, 4.69) is 5.32 Å². The van der Waals surface area contributed by atoms with E-state index >= 15 is 0 Å². The molecule has 1 aromatic rings. The summed E-state index contributed by atoms with van der Waals surface area (Å²) in [5.41, 5.74) is 0. The van der Waals surface area contributed by atoms with Gasteiger partial charge in [0.05, 0.1) is 12.9 Å². The number of ether oxygens (including phenoxy) is 1. The van der Waals surface area contributed by atoms with Crippen molar-refractivity contribution in [2.75, 3.05) is 13.7 Å². The molecule has 5 heteroatoms. The van der Waals surface area contributed by atoms with Crippen molar-refractivity contribution in [1.82, 2.24) is 5.32 Å². The molecule has 0 radical (unpaired) electrons. The van der Waals surface area contributed by atoms with Crippen molar-refractivity contribution < 1.29 is 18.7 Å². The third-order valence-electron chi connectivity index (χ3n) is 2.72. The van der Waals surface area contributed by atoms with Crippen molar-refractivity contribution in [3.8, 4) is 0 Å². The maximum absolute atomic E-state index is 11.4. The van der Waals surface area contributed by atoms with Crippen LogP contribution in [0.5, 0.6) is 0 Å². The van der Waals surface area contributed by atoms with Crippen molar-refractivity contribution in [1.29, 1.82) is 0 Å². The first-order valence-corrected chi connectivity index (χ1v) is 6.61. The zero-order valence-electron chi connectivity index (χ0n) is 11.3. The molecule has 106 valence electrons. The van der Waals surface area contributed by atoms with Crippen LogP contribution in [0.3, 0.4) is 0 Å². The monoisotopic (exact) mass is 267 g/mol. The second kappa shape index (κ2) is 9.19. The molecule has 0 spiro atoms. The van der Waals surface area contributed by atoms with E-state index in [0.29, 0.717) is 32.3 Å². The lowest BCUT2D eigenvalue weighted by atomic mass is 10.2. The van der Waals surface area contributed by atoms with Crippen LogP contribution in [0, 0.1) is 0 Å². The highest BCUT2D eigenvalue weighted by Crippen LogP contribution is 2.05. The molecule has 1 amide bonds. The molecule has 1 heterocycles. The Morgan fingerprint density at radius 2 is 2.05 bits per heavy atom. The Labute approximate surface area is 113 Å². The third-order valence-corrected chi connectivity index (χ3v) is 2.72. The summed E-state index contributed by atoms with van der Waals surface area (Å²) in [6.07, 6.45) is 5.40. The summed E-state index contributed by atoms with van der Waals surface area (Å²) in [7, 11) is 1.61. The Morgan fingerprint density at radius 1 is 1.26 bits per heavy atom. The fourth-order valence-corrected chi connectivity index (χ4v) is 1.64. The van der Waals surface area contributed by atoms with Crippen LogP contribution in [-0.4, -0.2) is 25.5 Å². The first-order valence-electron chi connectivity index (χ1n) is 6.61. The second-order valence-corrected chi connectivity index (χ2v) is 4.28. The minimum Gasteiger partial charge on any atom is -0.469 e. The Bertz CT molecular complexity index is 373. The van der Waals surface area contributed by atoms with Gasteiger partial charge in [-0.15, -0.1) is 0 Å². The fraction of sp³-hybridized carbons (Fsp3) is 0.571. The van der Waals surface area contributed by atoms with E-state index in [1.807, 2.05) is 12.1 Å². The highest BCUT2D eigenvalue weighted by Gasteiger charge is 2.04. The standard InChI is InChI=1S/C14H21NO4/c1-15-13(16)8-2-3-9-14(17)19-11-5-7-12-6-4-10-18-12/h4,6,10H,2-3,5,7-9,11H2,1H3,(H,15,16). The number of unbranched alkanes of at least 4 members (excludes halogenated alkanes) is 1. The van der Waals surface area contributed by atoms with Gasteiger partial charge in [0, 0.05) is 26.3 Å². The first kappa shape index (κ1) is 15.3. The van der Waals surface area contributed by atoms with Crippen LogP contribution in [0.2, 0.25) is 0 Å². The number of furan rings is 1. The highest BCUT2D eigenvalue weighted by molar-refractivity contribution is 5.75. The Morgan fingerprint density at radius 3 is 2.74 bits per heavy atom. The average molecular weight is 267 g/mol. The number of hydrogen-bond donors (Lipinski definition) is 1. The van der Waals surface area contributed by atoms with E-state index < -0.39 is 0 Å². The predicted octanol–water partition coefficient (Wildman–Crippen LogP) is 2.06. The number of carbonyl (C=O) groups excluding carboxylic acids is 2. The lowest BCUT2D eigenvalue weighted by Crippen LogP contribution is -2.17. The van der Waals surface area contributed by atoms with Crippen LogP contribution in [-0.2, 0) is 20.7 Å². The van der Waals surface area contributed by atoms with Crippen LogP contribution in [0.25, 0.3) is 0 Å². The lowest BCUT2D eigenvalue weighted by Gasteiger charge is -2.04. The summed E-state index contributed by atoms with van der Waals surface area (Å²) in [4.78, 5) is 22.3. The number of esters is 1. The van der Waals surface area contributed by atoms with E-state index in [9.17, 15) is 9.59 Å². The molecule has 0 aliphatic carbocycles. The van der Waals surface area contributed by atoms with Crippen LogP contribution in [0.15, 0.2) is 22.8 Å². The number of rotatable bonds is 9. The molecule has 1 N–H and O–H groups in total. The van der Waals surface area contributed by atoms with E-state index in [-0.39, 0.29) is 11.9 Å². The van der Waals surface area contributed by atoms with Crippen molar-refractivity contribution in [3.63, 3.8) is 0 Å². The quantitative estimate of drug-likeness (QED) is 0.549. The van der Waals surface area contributed by atoms with Gasteiger partial charge in [0.2, 0.25) is 5.91 Å². The molecule has 1 rings (SSSR count). The van der Waals surface area contributed by atoms with Crippen LogP contribution in [0.4, 0.5) is 0 Å². The van der Waals surface area contributed by atoms with Gasteiger partial charge in [-0.05, 0) is 31.4 Å². The summed E-state index contributed by atoms with van der Waals surface area (Å²) >= 11 is 0. The van der Waals surface area contributed by atoms with Gasteiger partial charge >= 0.3 is 5.97 Å². The van der Waals surface area contributed by atoms with E-state index in [1.165, 1.54) is 0 Å². The highest BCUT2D eigenvalue weighted by atomic mass is 16.5. The largest absolute Gasteiger partial charge is 0.469 e. The maximum Gasteiger partial charge on any atom is 0.305 e. The maximum atomic E-state index is 11.4. The van der Waals surface area contributed by atoms with Gasteiger partial charge in [-0.1, -0.05) is 0 Å². The van der Waals surface area contributed by atoms with Gasteiger partial charge in [-0.2, -0.15) is 0 Å². The zero-order chi connectivity index (χ0) is 13.9. The normalized spacial score (nSPS) is 10.2. The Kier molecular flexibility index (Phi) is 7.39. The van der Waals surface area contributed by atoms with E-state index in [4.69, 9.17) is 9.15 Å². The number of carbonyl (C=O) groups is 2. The summed E-state index contributed by atoms with van der Waals surface area (Å²) in [6, 6.07) is 3.74. The Hall–Kier alpha value is -1.78. The molecule has 0 saturated carbocycles. The van der Waals surface area contributed by atoms with Gasteiger partial charge in [-0.3, -0.25) is 9.59 Å². The molecular weight excluding hydrogens is 246 g/mol. The summed E-state index contributed by atoms with van der Waals surface area (Å²) < 4.78 is 10.3. The van der Waals surface area contributed by atoms with Gasteiger partial charge in [0.25, 0.3) is 0 Å². The van der Waals surface area contributed by atoms with Crippen molar-refractivity contribution in [2.45, 2.75) is 38.5 Å². The molecular formula is C14H21NO4. The van der Waals surface area contributed by atoms with Gasteiger partial charge in [0.1, 0.15) is 5.76 Å². The third kappa shape index (κ3) is 7.28. The molecule has 19 heavy (non-hydrogen) atoms. The summed E-state index contributed by atoms with van der Waals surface area (Å²) in [6.45, 7) is 0.412. The van der Waals surface area contributed by atoms with Crippen molar-refractivity contribution >= 4 is 11.9 Å². The SMILES string of the molecule is CNC(=O)CCCCC(=O)OCCCc1ccco1. The zero-order valence-corrected chi connectivity index (χ0v) is 11.3. The molecule has 1 aromatic heterocycles. The second-order valence-electron chi connectivity index (χ2n) is 4.28. The molecule has 0 fully saturated rings. The lowest BCUT2D eigenvalue weighted by molar-refractivity contribution is -0.144. The number of nitrogens with one attached hydrogen (secondary N) is 1. The topological polar surface area (TPSA) is 68.5 Å². The minimum absolute atomic E-state index is 0.00631. The fourth-order valence-electron chi connectivity index (χ4n) is 1.64. The van der Waals surface area contributed by atoms with E-state index in [1.54, 1.807) is 13.3 Å². The minimum atomic E-state index is -0.198. The van der Waals surface area contributed by atoms with Crippen molar-refractivity contribution in [3.05, 3.63) is 24.2 Å². The molecule has 0 saturated heterocycles. The van der Waals surface area contributed by atoms with Crippen LogP contribution >= 0.6 is 0 Å². The first-order chi connectivity index (χ1) is 9.22. The van der Waals surface area contributed by atoms with Crippen LogP contribution in [0.1, 0.15) is 37.9 Å². The molecule has 0 aliphatic rings. The average Bonchev–Trinajstić information content (AvgIpc) is 2.92. The predicted molar refractivity (Wildman–Crippen MR) is 70.5 cm³/mol. The summed E-state index contributed by atoms with van der Waals surface area (Å²) in [5, 5.41) is 2.54. The van der Waals surface area contributed by atoms with Gasteiger partial charge in [-0.25, -0.2) is 0 Å². The van der Waals surface area contributed by atoms with E-state index in [0.717, 1.165) is 18.6 Å². The van der Waals surface area contributed by atoms with Gasteiger partial charge < -0.3 is 14.5 Å². The molecule has 0 atom stereocenters. The van der Waals surface area contributed by atoms with Crippen LogP contribution < -0.4 is 5.32 Å². The molecule has 5 nitrogen and oxygen atoms in total. The molecule has 0 aliphatic heterocycles. The number of amides is 1.